The molecular formula is C14H21NO4. The zero-order chi connectivity index (χ0) is 14.8. The minimum atomic E-state index is -1.06. The molecule has 0 aliphatic heterocycles. The Morgan fingerprint density at radius 2 is 1.11 bits per heavy atom. The van der Waals surface area contributed by atoms with Crippen molar-refractivity contribution in [1.82, 2.24) is 4.90 Å². The van der Waals surface area contributed by atoms with Crippen molar-refractivity contribution in [2.24, 2.45) is 0 Å². The average molecular weight is 267 g/mol. The van der Waals surface area contributed by atoms with E-state index in [0.29, 0.717) is 0 Å². The van der Waals surface area contributed by atoms with E-state index >= 15 is 0 Å². The van der Waals surface area contributed by atoms with E-state index in [2.05, 4.69) is 25.7 Å². The molecule has 0 spiro atoms. The second kappa shape index (κ2) is 9.10. The lowest BCUT2D eigenvalue weighted by atomic mass is 10.1. The molecule has 2 N–H and O–H groups in total. The van der Waals surface area contributed by atoms with Gasteiger partial charge in [0.2, 0.25) is 0 Å². The standard InChI is InChI=1S/C8H6O4.C6H15N/c9-7(10)5-1-2-6(4-3-5)8(11)12;1-4-7(5-2)6-3/h1-4H,(H,9,10)(H,11,12);4-6H2,1-3H3. The summed E-state index contributed by atoms with van der Waals surface area (Å²) in [6, 6.07) is 5.02. The summed E-state index contributed by atoms with van der Waals surface area (Å²) >= 11 is 0. The molecule has 0 aliphatic rings. The van der Waals surface area contributed by atoms with Crippen molar-refractivity contribution in [3.8, 4) is 0 Å². The summed E-state index contributed by atoms with van der Waals surface area (Å²) in [4.78, 5) is 23.0. The van der Waals surface area contributed by atoms with Crippen LogP contribution in [0.15, 0.2) is 24.3 Å². The van der Waals surface area contributed by atoms with E-state index < -0.39 is 11.9 Å². The van der Waals surface area contributed by atoms with Gasteiger partial charge in [0.25, 0.3) is 0 Å². The Hall–Kier alpha value is -1.88. The highest BCUT2D eigenvalue weighted by Crippen LogP contribution is 2.03. The molecule has 0 radical (unpaired) electrons. The Morgan fingerprint density at radius 1 is 0.842 bits per heavy atom. The number of carboxylic acids is 2. The summed E-state index contributed by atoms with van der Waals surface area (Å²) in [5.41, 5.74) is 0.167. The van der Waals surface area contributed by atoms with Crippen molar-refractivity contribution in [2.45, 2.75) is 20.8 Å². The first kappa shape index (κ1) is 17.1. The van der Waals surface area contributed by atoms with E-state index in [4.69, 9.17) is 10.2 Å². The molecule has 0 atom stereocenters. The van der Waals surface area contributed by atoms with Crippen LogP contribution in [-0.2, 0) is 0 Å². The number of carbonyl (C=O) groups is 2. The number of nitrogens with zero attached hydrogens (tertiary/aromatic N) is 1. The monoisotopic (exact) mass is 267 g/mol. The van der Waals surface area contributed by atoms with Crippen LogP contribution in [0.25, 0.3) is 0 Å². The van der Waals surface area contributed by atoms with Gasteiger partial charge in [-0.3, -0.25) is 0 Å². The van der Waals surface area contributed by atoms with Gasteiger partial charge in [0.15, 0.2) is 0 Å². The Labute approximate surface area is 113 Å². The van der Waals surface area contributed by atoms with E-state index in [-0.39, 0.29) is 11.1 Å². The molecule has 1 aromatic carbocycles. The Morgan fingerprint density at radius 3 is 1.21 bits per heavy atom. The Balaban J connectivity index is 0.000000399. The normalized spacial score (nSPS) is 9.68. The van der Waals surface area contributed by atoms with Crippen LogP contribution in [0, 0.1) is 0 Å². The van der Waals surface area contributed by atoms with Gasteiger partial charge in [-0.05, 0) is 43.9 Å². The third-order valence-electron chi connectivity index (χ3n) is 2.72. The van der Waals surface area contributed by atoms with Crippen LogP contribution in [0.5, 0.6) is 0 Å². The summed E-state index contributed by atoms with van der Waals surface area (Å²) in [5, 5.41) is 16.9. The molecule has 0 fully saturated rings. The van der Waals surface area contributed by atoms with Gasteiger partial charge >= 0.3 is 11.9 Å². The summed E-state index contributed by atoms with van der Waals surface area (Å²) in [6.45, 7) is 10.1. The number of carboxylic acid groups (broad SMARTS) is 2. The molecule has 0 amide bonds. The molecule has 0 aromatic heterocycles. The van der Waals surface area contributed by atoms with Crippen LogP contribution in [-0.4, -0.2) is 46.7 Å². The van der Waals surface area contributed by atoms with E-state index in [1.165, 1.54) is 43.9 Å². The van der Waals surface area contributed by atoms with E-state index in [1.807, 2.05) is 0 Å². The largest absolute Gasteiger partial charge is 0.478 e. The van der Waals surface area contributed by atoms with Crippen LogP contribution in [0.4, 0.5) is 0 Å². The molecule has 5 nitrogen and oxygen atoms in total. The zero-order valence-corrected chi connectivity index (χ0v) is 11.6. The van der Waals surface area contributed by atoms with Gasteiger partial charge in [-0.2, -0.15) is 0 Å². The van der Waals surface area contributed by atoms with Gasteiger partial charge in [0.1, 0.15) is 0 Å². The average Bonchev–Trinajstić information content (AvgIpc) is 2.41. The van der Waals surface area contributed by atoms with Crippen molar-refractivity contribution < 1.29 is 19.8 Å². The predicted molar refractivity (Wildman–Crippen MR) is 73.8 cm³/mol. The highest BCUT2D eigenvalue weighted by Gasteiger charge is 2.04. The van der Waals surface area contributed by atoms with Crippen LogP contribution in [0.1, 0.15) is 41.5 Å². The summed E-state index contributed by atoms with van der Waals surface area (Å²) in [7, 11) is 0. The molecule has 0 unspecified atom stereocenters. The molecule has 0 aliphatic carbocycles. The molecule has 0 saturated heterocycles. The Kier molecular flexibility index (Phi) is 8.20. The van der Waals surface area contributed by atoms with E-state index in [1.54, 1.807) is 0 Å². The minimum Gasteiger partial charge on any atom is -0.478 e. The fourth-order valence-corrected chi connectivity index (χ4v) is 1.43. The first-order valence-electron chi connectivity index (χ1n) is 6.25. The first-order chi connectivity index (χ1) is 8.96. The van der Waals surface area contributed by atoms with Crippen molar-refractivity contribution in [1.29, 1.82) is 0 Å². The fraction of sp³-hybridized carbons (Fsp3) is 0.429. The van der Waals surface area contributed by atoms with Crippen LogP contribution >= 0.6 is 0 Å². The molecule has 0 saturated carbocycles. The second-order valence-electron chi connectivity index (χ2n) is 3.81. The lowest BCUT2D eigenvalue weighted by Gasteiger charge is -2.13. The van der Waals surface area contributed by atoms with Crippen molar-refractivity contribution >= 4 is 11.9 Å². The molecule has 1 aromatic rings. The third kappa shape index (κ3) is 6.57. The van der Waals surface area contributed by atoms with Gasteiger partial charge in [0.05, 0.1) is 11.1 Å². The number of hydrogen-bond acceptors (Lipinski definition) is 3. The molecule has 5 heteroatoms. The zero-order valence-electron chi connectivity index (χ0n) is 11.6. The summed E-state index contributed by atoms with van der Waals surface area (Å²) < 4.78 is 0. The van der Waals surface area contributed by atoms with Gasteiger partial charge in [-0.1, -0.05) is 20.8 Å². The molecule has 0 bridgehead atoms. The van der Waals surface area contributed by atoms with Crippen LogP contribution < -0.4 is 0 Å². The number of aromatic carboxylic acids is 2. The van der Waals surface area contributed by atoms with E-state index in [0.717, 1.165) is 0 Å². The quantitative estimate of drug-likeness (QED) is 0.856. The maximum Gasteiger partial charge on any atom is 0.335 e. The summed E-state index contributed by atoms with van der Waals surface area (Å²) in [6.07, 6.45) is 0. The van der Waals surface area contributed by atoms with Gasteiger partial charge in [0, 0.05) is 0 Å². The Bertz CT molecular complexity index is 358. The number of benzene rings is 1. The second-order valence-corrected chi connectivity index (χ2v) is 3.81. The number of rotatable bonds is 5. The lowest BCUT2D eigenvalue weighted by molar-refractivity contribution is 0.0681. The van der Waals surface area contributed by atoms with Crippen LogP contribution in [0.3, 0.4) is 0 Å². The highest BCUT2D eigenvalue weighted by molar-refractivity contribution is 5.91. The molecule has 0 heterocycles. The maximum atomic E-state index is 10.3. The smallest absolute Gasteiger partial charge is 0.335 e. The maximum absolute atomic E-state index is 10.3. The molecule has 1 rings (SSSR count). The molecule has 106 valence electrons. The highest BCUT2D eigenvalue weighted by atomic mass is 16.4. The van der Waals surface area contributed by atoms with Crippen molar-refractivity contribution in [3.63, 3.8) is 0 Å². The SMILES string of the molecule is CCN(CC)CC.O=C(O)c1ccc(C(=O)O)cc1. The van der Waals surface area contributed by atoms with E-state index in [9.17, 15) is 9.59 Å². The third-order valence-corrected chi connectivity index (χ3v) is 2.72. The minimum absolute atomic E-state index is 0.0833. The topological polar surface area (TPSA) is 77.8 Å². The number of hydrogen-bond donors (Lipinski definition) is 2. The van der Waals surface area contributed by atoms with Gasteiger partial charge < -0.3 is 15.1 Å². The van der Waals surface area contributed by atoms with Crippen molar-refractivity contribution in [3.05, 3.63) is 35.4 Å². The van der Waals surface area contributed by atoms with Crippen molar-refractivity contribution in [2.75, 3.05) is 19.6 Å². The fourth-order valence-electron chi connectivity index (χ4n) is 1.43. The first-order valence-corrected chi connectivity index (χ1v) is 6.25. The predicted octanol–water partition coefficient (Wildman–Crippen LogP) is 2.43. The molecular weight excluding hydrogens is 246 g/mol. The van der Waals surface area contributed by atoms with Crippen LogP contribution in [0.2, 0.25) is 0 Å². The molecule has 19 heavy (non-hydrogen) atoms. The van der Waals surface area contributed by atoms with Gasteiger partial charge in [-0.25, -0.2) is 9.59 Å². The van der Waals surface area contributed by atoms with Gasteiger partial charge in [-0.15, -0.1) is 0 Å². The summed E-state index contributed by atoms with van der Waals surface area (Å²) in [5.74, 6) is -2.13. The lowest BCUT2D eigenvalue weighted by Crippen LogP contribution is -2.21.